The first-order valence-electron chi connectivity index (χ1n) is 11.9. The van der Waals surface area contributed by atoms with Crippen molar-refractivity contribution in [2.24, 2.45) is 0 Å². The van der Waals surface area contributed by atoms with E-state index in [9.17, 15) is 9.59 Å². The molecule has 0 amide bonds. The number of aliphatic carboxylic acids is 2. The molecule has 0 atom stereocenters. The van der Waals surface area contributed by atoms with Gasteiger partial charge in [-0.25, -0.2) is 9.59 Å². The van der Waals surface area contributed by atoms with Gasteiger partial charge in [-0.05, 0) is 52.3 Å². The number of carbonyl (C=O) groups is 2. The summed E-state index contributed by atoms with van der Waals surface area (Å²) in [4.78, 5) is 21.6. The molecule has 0 unspecified atom stereocenters. The number of nitrogens with zero attached hydrogens (tertiary/aromatic N) is 5. The molecule has 0 radical (unpaired) electrons. The maximum atomic E-state index is 9.55. The van der Waals surface area contributed by atoms with Crippen molar-refractivity contribution in [3.8, 4) is 11.5 Å². The van der Waals surface area contributed by atoms with Gasteiger partial charge >= 0.3 is 11.9 Å². The summed E-state index contributed by atoms with van der Waals surface area (Å²) in [5.74, 6) is -0.851. The molecule has 1 fully saturated rings. The molecule has 4 rings (SSSR count). The van der Waals surface area contributed by atoms with Crippen LogP contribution in [0.25, 0.3) is 22.4 Å². The first kappa shape index (κ1) is 27.0. The third-order valence-electron chi connectivity index (χ3n) is 5.88. The molecule has 2 aromatic heterocycles. The predicted molar refractivity (Wildman–Crippen MR) is 133 cm³/mol. The smallest absolute Gasteiger partial charge is 0.328 e. The second kappa shape index (κ2) is 12.9. The quantitative estimate of drug-likeness (QED) is 0.331. The van der Waals surface area contributed by atoms with Crippen molar-refractivity contribution in [2.75, 3.05) is 33.4 Å². The van der Waals surface area contributed by atoms with Crippen LogP contribution in [0, 0.1) is 0 Å². The molecule has 3 heterocycles. The van der Waals surface area contributed by atoms with Gasteiger partial charge < -0.3 is 24.3 Å². The van der Waals surface area contributed by atoms with E-state index in [0.29, 0.717) is 30.0 Å². The van der Waals surface area contributed by atoms with Crippen molar-refractivity contribution in [3.63, 3.8) is 0 Å². The van der Waals surface area contributed by atoms with Gasteiger partial charge in [0.15, 0.2) is 0 Å². The average molecular weight is 500 g/mol. The number of piperidine rings is 1. The molecule has 11 nitrogen and oxygen atoms in total. The second-order valence-corrected chi connectivity index (χ2v) is 8.86. The van der Waals surface area contributed by atoms with Crippen molar-refractivity contribution < 1.29 is 29.0 Å². The maximum Gasteiger partial charge on any atom is 0.328 e. The topological polar surface area (TPSA) is 144 Å². The Balaban J connectivity index is 0.000000392. The van der Waals surface area contributed by atoms with Gasteiger partial charge in [0.05, 0.1) is 5.56 Å². The van der Waals surface area contributed by atoms with Gasteiger partial charge in [-0.15, -0.1) is 10.2 Å². The zero-order valence-corrected chi connectivity index (χ0v) is 20.8. The van der Waals surface area contributed by atoms with Crippen molar-refractivity contribution in [1.82, 2.24) is 24.9 Å². The lowest BCUT2D eigenvalue weighted by Gasteiger charge is -2.30. The lowest BCUT2D eigenvalue weighted by Crippen LogP contribution is -2.34. The third-order valence-corrected chi connectivity index (χ3v) is 5.88. The zero-order valence-electron chi connectivity index (χ0n) is 20.8. The van der Waals surface area contributed by atoms with Crippen LogP contribution < -0.4 is 0 Å². The number of hydrogen-bond acceptors (Lipinski definition) is 8. The Morgan fingerprint density at radius 1 is 1.17 bits per heavy atom. The Kier molecular flexibility index (Phi) is 9.71. The van der Waals surface area contributed by atoms with Gasteiger partial charge in [0.1, 0.15) is 5.52 Å². The Morgan fingerprint density at radius 2 is 1.86 bits per heavy atom. The first-order valence-corrected chi connectivity index (χ1v) is 11.9. The Labute approximate surface area is 209 Å². The van der Waals surface area contributed by atoms with Gasteiger partial charge in [-0.1, -0.05) is 12.1 Å². The van der Waals surface area contributed by atoms with E-state index in [1.807, 2.05) is 16.8 Å². The monoisotopic (exact) mass is 499 g/mol. The highest BCUT2D eigenvalue weighted by Gasteiger charge is 2.25. The molecule has 3 aromatic rings. The minimum Gasteiger partial charge on any atom is -0.478 e. The largest absolute Gasteiger partial charge is 0.478 e. The van der Waals surface area contributed by atoms with Gasteiger partial charge in [0.25, 0.3) is 0 Å². The molecule has 1 aromatic carbocycles. The molecule has 1 saturated heterocycles. The fourth-order valence-corrected chi connectivity index (χ4v) is 3.99. The number of fused-ring (bicyclic) bond motifs is 1. The molecule has 0 spiro atoms. The lowest BCUT2D eigenvalue weighted by molar-refractivity contribution is -0.134. The van der Waals surface area contributed by atoms with Crippen LogP contribution in [0.2, 0.25) is 0 Å². The summed E-state index contributed by atoms with van der Waals surface area (Å²) in [7, 11) is 1.76. The fraction of sp³-hybridized carbons (Fsp3) is 0.480. The van der Waals surface area contributed by atoms with Crippen LogP contribution >= 0.6 is 0 Å². The van der Waals surface area contributed by atoms with Crippen LogP contribution in [-0.4, -0.2) is 80.4 Å². The highest BCUT2D eigenvalue weighted by atomic mass is 16.5. The number of carboxylic acid groups (broad SMARTS) is 2. The minimum atomic E-state index is -1.26. The number of aromatic nitrogens is 4. The SMILES string of the molecule is COCCCN1CCC(c2nnc(-c3cccc4cn(C(C)C)nc34)o2)CC1.O=C(O)/C=C/C(=O)O. The molecule has 0 aliphatic carbocycles. The van der Waals surface area contributed by atoms with Crippen LogP contribution in [0.1, 0.15) is 51.0 Å². The summed E-state index contributed by atoms with van der Waals surface area (Å²) in [5, 5.41) is 30.2. The third kappa shape index (κ3) is 7.46. The number of carboxylic acids is 2. The number of hydrogen-bond donors (Lipinski definition) is 2. The number of benzene rings is 1. The molecule has 2 N–H and O–H groups in total. The minimum absolute atomic E-state index is 0.313. The normalized spacial score (nSPS) is 14.9. The summed E-state index contributed by atoms with van der Waals surface area (Å²) in [6.45, 7) is 8.30. The van der Waals surface area contributed by atoms with E-state index in [-0.39, 0.29) is 0 Å². The molecule has 36 heavy (non-hydrogen) atoms. The Morgan fingerprint density at radius 3 is 2.47 bits per heavy atom. The van der Waals surface area contributed by atoms with Crippen molar-refractivity contribution in [2.45, 2.75) is 45.1 Å². The molecule has 1 aliphatic heterocycles. The Hall–Kier alpha value is -3.57. The average Bonchev–Trinajstić information content (AvgIpc) is 3.51. The molecular weight excluding hydrogens is 466 g/mol. The molecule has 1 aliphatic rings. The van der Waals surface area contributed by atoms with Gasteiger partial charge in [-0.3, -0.25) is 4.68 Å². The second-order valence-electron chi connectivity index (χ2n) is 8.86. The van der Waals surface area contributed by atoms with Gasteiger partial charge in [0.2, 0.25) is 11.8 Å². The van der Waals surface area contributed by atoms with E-state index in [2.05, 4.69) is 41.2 Å². The molecule has 11 heteroatoms. The summed E-state index contributed by atoms with van der Waals surface area (Å²) >= 11 is 0. The number of rotatable bonds is 9. The summed E-state index contributed by atoms with van der Waals surface area (Å²) in [6.07, 6.45) is 6.38. The highest BCUT2D eigenvalue weighted by Crippen LogP contribution is 2.32. The number of ether oxygens (including phenoxy) is 1. The van der Waals surface area contributed by atoms with Crippen LogP contribution in [0.15, 0.2) is 41.0 Å². The van der Waals surface area contributed by atoms with Crippen LogP contribution in [-0.2, 0) is 14.3 Å². The number of methoxy groups -OCH3 is 1. The van der Waals surface area contributed by atoms with Crippen molar-refractivity contribution in [1.29, 1.82) is 0 Å². The summed E-state index contributed by atoms with van der Waals surface area (Å²) in [5.41, 5.74) is 1.83. The van der Waals surface area contributed by atoms with E-state index in [1.165, 1.54) is 0 Å². The Bertz CT molecular complexity index is 1160. The van der Waals surface area contributed by atoms with Crippen LogP contribution in [0.4, 0.5) is 0 Å². The van der Waals surface area contributed by atoms with Gasteiger partial charge in [-0.2, -0.15) is 5.10 Å². The van der Waals surface area contributed by atoms with Crippen molar-refractivity contribution in [3.05, 3.63) is 42.4 Å². The molecule has 0 bridgehead atoms. The van der Waals surface area contributed by atoms with E-state index in [4.69, 9.17) is 24.5 Å². The molecule has 0 saturated carbocycles. The van der Waals surface area contributed by atoms with Crippen molar-refractivity contribution >= 4 is 22.8 Å². The van der Waals surface area contributed by atoms with Crippen LogP contribution in [0.5, 0.6) is 0 Å². The van der Waals surface area contributed by atoms with E-state index in [1.54, 1.807) is 7.11 Å². The predicted octanol–water partition coefficient (Wildman–Crippen LogP) is 3.59. The zero-order chi connectivity index (χ0) is 26.1. The highest BCUT2D eigenvalue weighted by molar-refractivity contribution is 5.91. The fourth-order valence-electron chi connectivity index (χ4n) is 3.99. The standard InChI is InChI=1S/C21H29N5O2.C4H4O4/c1-15(2)26-14-17-6-4-7-18(19(17)24-26)21-23-22-20(28-21)16-8-11-25(12-9-16)10-5-13-27-3;5-3(6)1-2-4(7)8/h4,6-7,14-16H,5,8-13H2,1-3H3;1-2H,(H,5,6)(H,7,8)/b;2-1+. The van der Waals surface area contributed by atoms with E-state index in [0.717, 1.165) is 67.9 Å². The maximum absolute atomic E-state index is 9.55. The summed E-state index contributed by atoms with van der Waals surface area (Å²) in [6, 6.07) is 6.41. The van der Waals surface area contributed by atoms with Gasteiger partial charge in [0, 0.05) is 56.0 Å². The number of likely N-dealkylation sites (tertiary alicyclic amines) is 1. The lowest BCUT2D eigenvalue weighted by atomic mass is 9.97. The van der Waals surface area contributed by atoms with E-state index < -0.39 is 11.9 Å². The first-order chi connectivity index (χ1) is 17.3. The van der Waals surface area contributed by atoms with E-state index >= 15 is 0 Å². The molecule has 194 valence electrons. The van der Waals surface area contributed by atoms with Crippen LogP contribution in [0.3, 0.4) is 0 Å². The summed E-state index contributed by atoms with van der Waals surface area (Å²) < 4.78 is 13.2. The molecular formula is C25H33N5O6.